The van der Waals surface area contributed by atoms with Gasteiger partial charge in [0.1, 0.15) is 0 Å². The second-order valence-electron chi connectivity index (χ2n) is 5.98. The van der Waals surface area contributed by atoms with Crippen LogP contribution in [0, 0.1) is 11.8 Å². The maximum Gasteiger partial charge on any atom is 0.0728 e. The fourth-order valence-electron chi connectivity index (χ4n) is 2.33. The van der Waals surface area contributed by atoms with Crippen LogP contribution in [0.1, 0.15) is 47.0 Å². The second kappa shape index (κ2) is 5.83. The number of aliphatic hydroxyl groups is 2. The highest BCUT2D eigenvalue weighted by atomic mass is 16.3. The summed E-state index contributed by atoms with van der Waals surface area (Å²) in [5.74, 6) is 0.528. The Bertz CT molecular complexity index is 297. The van der Waals surface area contributed by atoms with Gasteiger partial charge in [-0.3, -0.25) is 0 Å². The van der Waals surface area contributed by atoms with Gasteiger partial charge >= 0.3 is 0 Å². The zero-order chi connectivity index (χ0) is 13.1. The molecule has 2 heteroatoms. The van der Waals surface area contributed by atoms with Crippen molar-refractivity contribution in [3.63, 3.8) is 0 Å². The van der Waals surface area contributed by atoms with Crippen molar-refractivity contribution in [1.82, 2.24) is 0 Å². The molecule has 0 fully saturated rings. The molecule has 0 unspecified atom stereocenters. The summed E-state index contributed by atoms with van der Waals surface area (Å²) < 4.78 is 0. The van der Waals surface area contributed by atoms with Gasteiger partial charge in [-0.05, 0) is 46.0 Å². The lowest BCUT2D eigenvalue weighted by Crippen LogP contribution is -2.29. The summed E-state index contributed by atoms with van der Waals surface area (Å²) in [6.07, 6.45) is 8.49. The predicted molar refractivity (Wildman–Crippen MR) is 71.7 cm³/mol. The molecule has 3 atom stereocenters. The average Bonchev–Trinajstić information content (AvgIpc) is 2.14. The molecule has 0 bridgehead atoms. The number of rotatable bonds is 1. The molecule has 0 saturated heterocycles. The van der Waals surface area contributed by atoms with Crippen LogP contribution < -0.4 is 0 Å². The standard InChI is InChI=1S/C15H26O2/c1-11-5-7-13(15(3,4)17)8-6-12(2)10-14(16)9-11/h5,7,10-11,13-14,16-17H,6,8-9H2,1-4H3/b7-5-,12-10-/t11-,13+,14+/m1/s1. The van der Waals surface area contributed by atoms with Gasteiger partial charge in [0.2, 0.25) is 0 Å². The van der Waals surface area contributed by atoms with Crippen LogP contribution in [0.5, 0.6) is 0 Å². The zero-order valence-corrected chi connectivity index (χ0v) is 11.5. The summed E-state index contributed by atoms with van der Waals surface area (Å²) in [4.78, 5) is 0. The molecule has 0 radical (unpaired) electrons. The molecule has 0 aromatic carbocycles. The molecule has 2 nitrogen and oxygen atoms in total. The van der Waals surface area contributed by atoms with Gasteiger partial charge in [0.25, 0.3) is 0 Å². The second-order valence-corrected chi connectivity index (χ2v) is 5.98. The van der Waals surface area contributed by atoms with E-state index in [0.29, 0.717) is 5.92 Å². The van der Waals surface area contributed by atoms with E-state index < -0.39 is 5.60 Å². The first-order valence-electron chi connectivity index (χ1n) is 6.55. The van der Waals surface area contributed by atoms with E-state index in [4.69, 9.17) is 0 Å². The van der Waals surface area contributed by atoms with Gasteiger partial charge in [0, 0.05) is 5.92 Å². The summed E-state index contributed by atoms with van der Waals surface area (Å²) in [5, 5.41) is 20.0. The van der Waals surface area contributed by atoms with E-state index >= 15 is 0 Å². The van der Waals surface area contributed by atoms with Gasteiger partial charge in [-0.1, -0.05) is 30.7 Å². The minimum Gasteiger partial charge on any atom is -0.390 e. The average molecular weight is 238 g/mol. The van der Waals surface area contributed by atoms with Gasteiger partial charge < -0.3 is 10.2 Å². The Morgan fingerprint density at radius 3 is 2.53 bits per heavy atom. The van der Waals surface area contributed by atoms with Gasteiger partial charge in [-0.15, -0.1) is 0 Å². The van der Waals surface area contributed by atoms with E-state index in [1.807, 2.05) is 19.9 Å². The number of allylic oxidation sites excluding steroid dienone is 2. The number of hydrogen-bond donors (Lipinski definition) is 2. The van der Waals surface area contributed by atoms with Crippen LogP contribution in [0.2, 0.25) is 0 Å². The van der Waals surface area contributed by atoms with Crippen molar-refractivity contribution >= 4 is 0 Å². The molecule has 17 heavy (non-hydrogen) atoms. The molecule has 1 aliphatic carbocycles. The quantitative estimate of drug-likeness (QED) is 0.689. The predicted octanol–water partition coefficient (Wildman–Crippen LogP) is 3.06. The van der Waals surface area contributed by atoms with Crippen molar-refractivity contribution in [2.45, 2.75) is 58.7 Å². The fraction of sp³-hybridized carbons (Fsp3) is 0.733. The molecule has 0 saturated carbocycles. The molecule has 0 amide bonds. The molecule has 0 spiro atoms. The highest BCUT2D eigenvalue weighted by molar-refractivity contribution is 5.07. The molecule has 98 valence electrons. The molecule has 0 aromatic heterocycles. The molecule has 1 aliphatic rings. The van der Waals surface area contributed by atoms with Gasteiger partial charge in [-0.25, -0.2) is 0 Å². The van der Waals surface area contributed by atoms with E-state index in [0.717, 1.165) is 19.3 Å². The van der Waals surface area contributed by atoms with Crippen LogP contribution in [-0.2, 0) is 0 Å². The summed E-state index contributed by atoms with van der Waals surface area (Å²) in [6, 6.07) is 0. The monoisotopic (exact) mass is 238 g/mol. The molecule has 0 heterocycles. The maximum atomic E-state index is 10.1. The summed E-state index contributed by atoms with van der Waals surface area (Å²) in [5.41, 5.74) is 0.545. The number of hydrogen-bond acceptors (Lipinski definition) is 2. The lowest BCUT2D eigenvalue weighted by atomic mass is 9.83. The topological polar surface area (TPSA) is 40.5 Å². The van der Waals surface area contributed by atoms with Crippen LogP contribution in [-0.4, -0.2) is 21.9 Å². The first-order chi connectivity index (χ1) is 7.79. The van der Waals surface area contributed by atoms with Crippen LogP contribution in [0.25, 0.3) is 0 Å². The molecular weight excluding hydrogens is 212 g/mol. The Kier molecular flexibility index (Phi) is 4.96. The van der Waals surface area contributed by atoms with Crippen molar-refractivity contribution in [3.05, 3.63) is 23.8 Å². The highest BCUT2D eigenvalue weighted by Gasteiger charge is 2.24. The Morgan fingerprint density at radius 2 is 1.94 bits per heavy atom. The molecule has 0 aromatic rings. The van der Waals surface area contributed by atoms with Crippen molar-refractivity contribution in [1.29, 1.82) is 0 Å². The minimum absolute atomic E-state index is 0.184. The Morgan fingerprint density at radius 1 is 1.29 bits per heavy atom. The van der Waals surface area contributed by atoms with Crippen LogP contribution in [0.4, 0.5) is 0 Å². The zero-order valence-electron chi connectivity index (χ0n) is 11.5. The summed E-state index contributed by atoms with van der Waals surface area (Å²) in [7, 11) is 0. The van der Waals surface area contributed by atoms with Crippen molar-refractivity contribution in [2.75, 3.05) is 0 Å². The van der Waals surface area contributed by atoms with E-state index in [2.05, 4.69) is 26.0 Å². The Hall–Kier alpha value is -0.600. The van der Waals surface area contributed by atoms with Crippen LogP contribution in [0.15, 0.2) is 23.8 Å². The molecule has 1 rings (SSSR count). The maximum absolute atomic E-state index is 10.1. The van der Waals surface area contributed by atoms with E-state index in [1.165, 1.54) is 5.57 Å². The first kappa shape index (κ1) is 14.5. The normalized spacial score (nSPS) is 37.1. The highest BCUT2D eigenvalue weighted by Crippen LogP contribution is 2.27. The largest absolute Gasteiger partial charge is 0.390 e. The van der Waals surface area contributed by atoms with Gasteiger partial charge in [0.05, 0.1) is 11.7 Å². The smallest absolute Gasteiger partial charge is 0.0728 e. The van der Waals surface area contributed by atoms with Crippen molar-refractivity contribution < 1.29 is 10.2 Å². The molecular formula is C15H26O2. The van der Waals surface area contributed by atoms with Crippen LogP contribution in [0.3, 0.4) is 0 Å². The van der Waals surface area contributed by atoms with Crippen molar-refractivity contribution in [3.8, 4) is 0 Å². The Labute approximate surface area is 105 Å². The third kappa shape index (κ3) is 5.05. The Balaban J connectivity index is 2.83. The van der Waals surface area contributed by atoms with E-state index in [9.17, 15) is 10.2 Å². The van der Waals surface area contributed by atoms with E-state index in [-0.39, 0.29) is 12.0 Å². The number of aliphatic hydroxyl groups excluding tert-OH is 1. The first-order valence-corrected chi connectivity index (χ1v) is 6.55. The third-order valence-electron chi connectivity index (χ3n) is 3.52. The summed E-state index contributed by atoms with van der Waals surface area (Å²) in [6.45, 7) is 7.89. The third-order valence-corrected chi connectivity index (χ3v) is 3.52. The molecule has 0 aliphatic heterocycles. The SMILES string of the molecule is C/C1=C/[C@@H](O)C[C@H](C)/C=C\[C@H](C(C)(C)O)CC1. The van der Waals surface area contributed by atoms with Gasteiger partial charge in [-0.2, -0.15) is 0 Å². The minimum atomic E-state index is -0.672. The van der Waals surface area contributed by atoms with Gasteiger partial charge in [0.15, 0.2) is 0 Å². The lowest BCUT2D eigenvalue weighted by Gasteiger charge is -2.28. The lowest BCUT2D eigenvalue weighted by molar-refractivity contribution is 0.0335. The van der Waals surface area contributed by atoms with Crippen molar-refractivity contribution in [2.24, 2.45) is 11.8 Å². The summed E-state index contributed by atoms with van der Waals surface area (Å²) >= 11 is 0. The molecule has 2 N–H and O–H groups in total. The van der Waals surface area contributed by atoms with Crippen LogP contribution >= 0.6 is 0 Å². The van der Waals surface area contributed by atoms with E-state index in [1.54, 1.807) is 0 Å². The fourth-order valence-corrected chi connectivity index (χ4v) is 2.33.